The van der Waals surface area contributed by atoms with E-state index in [-0.39, 0.29) is 6.54 Å². The fraction of sp³-hybridized carbons (Fsp3) is 0.526. The van der Waals surface area contributed by atoms with E-state index in [4.69, 9.17) is 14.2 Å². The van der Waals surface area contributed by atoms with Crippen LogP contribution in [0.5, 0.6) is 11.5 Å². The molecule has 2 aromatic rings. The van der Waals surface area contributed by atoms with Crippen LogP contribution in [0.4, 0.5) is 10.6 Å². The molecule has 0 aliphatic carbocycles. The van der Waals surface area contributed by atoms with E-state index in [0.29, 0.717) is 42.2 Å². The lowest BCUT2D eigenvalue weighted by molar-refractivity contribution is 0.0569. The summed E-state index contributed by atoms with van der Waals surface area (Å²) < 4.78 is 43.4. The summed E-state index contributed by atoms with van der Waals surface area (Å²) in [6.07, 6.45) is 1.63. The normalized spacial score (nSPS) is 11.8. The first-order valence-electron chi connectivity index (χ1n) is 9.65. The number of hydrogen-bond acceptors (Lipinski definition) is 9. The molecular weight excluding hydrogens is 426 g/mol. The third-order valence-corrected chi connectivity index (χ3v) is 4.96. The van der Waals surface area contributed by atoms with Crippen LogP contribution < -0.4 is 24.2 Å². The molecule has 0 fully saturated rings. The minimum absolute atomic E-state index is 0.162. The molecule has 0 radical (unpaired) electrons. The van der Waals surface area contributed by atoms with Crippen LogP contribution in [-0.2, 0) is 14.9 Å². The number of methoxy groups -OCH3 is 2. The lowest BCUT2D eigenvalue weighted by Crippen LogP contribution is -2.43. The van der Waals surface area contributed by atoms with Gasteiger partial charge in [0.25, 0.3) is 0 Å². The maximum absolute atomic E-state index is 11.9. The smallest absolute Gasteiger partial charge is 0.422 e. The van der Waals surface area contributed by atoms with Crippen LogP contribution in [-0.4, -0.2) is 57.4 Å². The minimum Gasteiger partial charge on any atom is -0.493 e. The lowest BCUT2D eigenvalue weighted by Gasteiger charge is -2.19. The number of anilines is 1. The Balaban J connectivity index is 1.83. The number of carbonyl (C=O) groups is 1. The SMILES string of the molecule is COc1cc2ncnc(NCCCCNS(=O)(=O)NC(=O)OC(C)(C)C)c2cc1OC. The van der Waals surface area contributed by atoms with Gasteiger partial charge < -0.3 is 19.5 Å². The molecule has 11 nitrogen and oxygen atoms in total. The van der Waals surface area contributed by atoms with E-state index in [1.165, 1.54) is 6.33 Å². The van der Waals surface area contributed by atoms with Gasteiger partial charge in [-0.05, 0) is 39.7 Å². The summed E-state index contributed by atoms with van der Waals surface area (Å²) in [5, 5.41) is 4.00. The fourth-order valence-corrected chi connectivity index (χ4v) is 3.38. The van der Waals surface area contributed by atoms with Gasteiger partial charge >= 0.3 is 16.3 Å². The summed E-state index contributed by atoms with van der Waals surface area (Å²) in [6, 6.07) is 3.57. The average molecular weight is 456 g/mol. The molecule has 0 spiro atoms. The maximum Gasteiger partial charge on any atom is 0.422 e. The molecule has 1 heterocycles. The van der Waals surface area contributed by atoms with Crippen molar-refractivity contribution in [3.8, 4) is 11.5 Å². The Labute approximate surface area is 182 Å². The second-order valence-corrected chi connectivity index (χ2v) is 9.08. The zero-order valence-corrected chi connectivity index (χ0v) is 19.1. The number of carbonyl (C=O) groups excluding carboxylic acids is 1. The van der Waals surface area contributed by atoms with E-state index in [1.807, 2.05) is 4.72 Å². The third kappa shape index (κ3) is 7.72. The van der Waals surface area contributed by atoms with Crippen LogP contribution in [0.1, 0.15) is 33.6 Å². The van der Waals surface area contributed by atoms with Gasteiger partial charge in [0.2, 0.25) is 0 Å². The lowest BCUT2D eigenvalue weighted by atomic mass is 10.2. The molecule has 31 heavy (non-hydrogen) atoms. The molecule has 0 saturated heterocycles. The Morgan fingerprint density at radius 3 is 2.32 bits per heavy atom. The van der Waals surface area contributed by atoms with Gasteiger partial charge in [-0.2, -0.15) is 13.1 Å². The molecule has 0 aliphatic heterocycles. The van der Waals surface area contributed by atoms with Crippen molar-refractivity contribution in [1.82, 2.24) is 19.4 Å². The number of aromatic nitrogens is 2. The number of ether oxygens (including phenoxy) is 3. The number of fused-ring (bicyclic) bond motifs is 1. The van der Waals surface area contributed by atoms with E-state index in [9.17, 15) is 13.2 Å². The van der Waals surface area contributed by atoms with Gasteiger partial charge in [0.05, 0.1) is 19.7 Å². The van der Waals surface area contributed by atoms with Crippen molar-refractivity contribution in [3.05, 3.63) is 18.5 Å². The predicted octanol–water partition coefficient (Wildman–Crippen LogP) is 2.20. The Bertz CT molecular complexity index is 1010. The first-order chi connectivity index (χ1) is 14.5. The van der Waals surface area contributed by atoms with Crippen molar-refractivity contribution in [2.75, 3.05) is 32.6 Å². The van der Waals surface area contributed by atoms with E-state index < -0.39 is 21.9 Å². The Hall–Kier alpha value is -2.86. The topological polar surface area (TPSA) is 141 Å². The second-order valence-electron chi connectivity index (χ2n) is 7.58. The molecule has 0 unspecified atom stereocenters. The van der Waals surface area contributed by atoms with Gasteiger partial charge in [0, 0.05) is 24.5 Å². The summed E-state index contributed by atoms with van der Waals surface area (Å²) in [4.78, 5) is 20.1. The molecule has 0 atom stereocenters. The van der Waals surface area contributed by atoms with Crippen molar-refractivity contribution < 1.29 is 27.4 Å². The van der Waals surface area contributed by atoms with Gasteiger partial charge in [-0.3, -0.25) is 0 Å². The average Bonchev–Trinajstić information content (AvgIpc) is 2.67. The molecule has 1 aromatic heterocycles. The quantitative estimate of drug-likeness (QED) is 0.460. The van der Waals surface area contributed by atoms with Crippen LogP contribution in [0, 0.1) is 0 Å². The van der Waals surface area contributed by atoms with Crippen molar-refractivity contribution in [2.24, 2.45) is 0 Å². The third-order valence-electron chi connectivity index (χ3n) is 3.95. The summed E-state index contributed by atoms with van der Waals surface area (Å²) in [6.45, 7) is 5.66. The predicted molar refractivity (Wildman–Crippen MR) is 117 cm³/mol. The highest BCUT2D eigenvalue weighted by Crippen LogP contribution is 2.33. The first kappa shape index (κ1) is 24.4. The minimum atomic E-state index is -3.98. The van der Waals surface area contributed by atoms with E-state index >= 15 is 0 Å². The Morgan fingerprint density at radius 1 is 1.03 bits per heavy atom. The number of nitrogens with zero attached hydrogens (tertiary/aromatic N) is 2. The van der Waals surface area contributed by atoms with Gasteiger partial charge in [0.15, 0.2) is 11.5 Å². The number of rotatable bonds is 10. The molecule has 0 bridgehead atoms. The number of nitrogens with one attached hydrogen (secondary N) is 3. The fourth-order valence-electron chi connectivity index (χ4n) is 2.63. The maximum atomic E-state index is 11.9. The van der Waals surface area contributed by atoms with Gasteiger partial charge in [0.1, 0.15) is 17.7 Å². The van der Waals surface area contributed by atoms with Crippen LogP contribution >= 0.6 is 0 Å². The van der Waals surface area contributed by atoms with Gasteiger partial charge in [-0.25, -0.2) is 19.5 Å². The number of amides is 1. The molecular formula is C19H29N5O6S. The zero-order chi connectivity index (χ0) is 23.1. The van der Waals surface area contributed by atoms with Gasteiger partial charge in [-0.1, -0.05) is 0 Å². The highest BCUT2D eigenvalue weighted by Gasteiger charge is 2.20. The molecule has 0 saturated carbocycles. The van der Waals surface area contributed by atoms with Crippen molar-refractivity contribution in [3.63, 3.8) is 0 Å². The summed E-state index contributed by atoms with van der Waals surface area (Å²) in [5.74, 6) is 1.78. The van der Waals surface area contributed by atoms with Crippen LogP contribution in [0.15, 0.2) is 18.5 Å². The molecule has 172 valence electrons. The number of unbranched alkanes of at least 4 members (excludes halogenated alkanes) is 1. The highest BCUT2D eigenvalue weighted by atomic mass is 32.2. The Kier molecular flexibility index (Phi) is 8.22. The van der Waals surface area contributed by atoms with Crippen molar-refractivity contribution in [1.29, 1.82) is 0 Å². The molecule has 3 N–H and O–H groups in total. The van der Waals surface area contributed by atoms with Crippen LogP contribution in [0.3, 0.4) is 0 Å². The number of hydrogen-bond donors (Lipinski definition) is 3. The first-order valence-corrected chi connectivity index (χ1v) is 11.1. The summed E-state index contributed by atoms with van der Waals surface area (Å²) in [7, 11) is -0.865. The second kappa shape index (κ2) is 10.4. The Morgan fingerprint density at radius 2 is 1.68 bits per heavy atom. The van der Waals surface area contributed by atoms with Crippen molar-refractivity contribution in [2.45, 2.75) is 39.2 Å². The van der Waals surface area contributed by atoms with E-state index in [1.54, 1.807) is 47.1 Å². The molecule has 1 aromatic carbocycles. The molecule has 12 heteroatoms. The number of benzene rings is 1. The molecule has 2 rings (SSSR count). The van der Waals surface area contributed by atoms with Crippen LogP contribution in [0.25, 0.3) is 10.9 Å². The molecule has 0 aliphatic rings. The van der Waals surface area contributed by atoms with Crippen molar-refractivity contribution >= 4 is 33.0 Å². The highest BCUT2D eigenvalue weighted by molar-refractivity contribution is 7.88. The summed E-state index contributed by atoms with van der Waals surface area (Å²) in [5.41, 5.74) is -0.0814. The van der Waals surface area contributed by atoms with Gasteiger partial charge in [-0.15, -0.1) is 0 Å². The summed E-state index contributed by atoms with van der Waals surface area (Å²) >= 11 is 0. The zero-order valence-electron chi connectivity index (χ0n) is 18.3. The monoisotopic (exact) mass is 455 g/mol. The molecule has 1 amide bonds. The van der Waals surface area contributed by atoms with E-state index in [0.717, 1.165) is 5.39 Å². The van der Waals surface area contributed by atoms with Crippen LogP contribution in [0.2, 0.25) is 0 Å². The largest absolute Gasteiger partial charge is 0.493 e. The van der Waals surface area contributed by atoms with E-state index in [2.05, 4.69) is 20.0 Å². The standard InChI is InChI=1S/C19H29N5O6S/c1-19(2,3)30-18(25)24-31(26,27)23-9-7-6-8-20-17-13-10-15(28-4)16(29-5)11-14(13)21-12-22-17/h10-12,23H,6-9H2,1-5H3,(H,24,25)(H,20,21,22).